The van der Waals surface area contributed by atoms with Gasteiger partial charge in [0.25, 0.3) is 0 Å². The van der Waals surface area contributed by atoms with E-state index in [0.29, 0.717) is 12.0 Å². The summed E-state index contributed by atoms with van der Waals surface area (Å²) in [4.78, 5) is 6.85. The number of aromatic nitrogens is 2. The molecule has 1 aliphatic heterocycles. The molecule has 3 unspecified atom stereocenters. The Labute approximate surface area is 100 Å². The molecule has 1 saturated heterocycles. The summed E-state index contributed by atoms with van der Waals surface area (Å²) in [5.74, 6) is 2.35. The highest BCUT2D eigenvalue weighted by Gasteiger charge is 2.39. The summed E-state index contributed by atoms with van der Waals surface area (Å²) in [6, 6.07) is 0.401. The summed E-state index contributed by atoms with van der Waals surface area (Å²) in [6.45, 7) is 4.17. The molecule has 0 bridgehead atoms. The first kappa shape index (κ1) is 10.5. The van der Waals surface area contributed by atoms with Crippen LogP contribution < -0.4 is 10.6 Å². The molecule has 0 radical (unpaired) electrons. The van der Waals surface area contributed by atoms with Gasteiger partial charge in [0.1, 0.15) is 5.82 Å². The number of nitrogens with two attached hydrogens (primary N) is 1. The number of aryl methyl sites for hydroxylation is 1. The molecule has 2 N–H and O–H groups in total. The minimum Gasteiger partial charge on any atom is -0.346 e. The molecule has 2 heterocycles. The van der Waals surface area contributed by atoms with Gasteiger partial charge in [0.15, 0.2) is 0 Å². The fourth-order valence-corrected chi connectivity index (χ4v) is 3.78. The van der Waals surface area contributed by atoms with E-state index in [1.165, 1.54) is 30.8 Å². The SMILES string of the molecule is Cc1nsc(N2CC3CCCC(N)C3C2)n1. The standard InChI is InChI=1S/C11H18N4S/c1-7-13-11(16-14-7)15-5-8-3-2-4-10(12)9(8)6-15/h8-10H,2-6,12H2,1H3. The number of nitrogens with zero attached hydrogens (tertiary/aromatic N) is 3. The number of anilines is 1. The van der Waals surface area contributed by atoms with Crippen LogP contribution in [0.4, 0.5) is 5.13 Å². The molecule has 88 valence electrons. The lowest BCUT2D eigenvalue weighted by Gasteiger charge is -2.29. The Morgan fingerprint density at radius 1 is 1.38 bits per heavy atom. The Morgan fingerprint density at radius 3 is 2.94 bits per heavy atom. The van der Waals surface area contributed by atoms with Crippen molar-refractivity contribution >= 4 is 16.7 Å². The third kappa shape index (κ3) is 1.72. The molecular weight excluding hydrogens is 220 g/mol. The normalized spacial score (nSPS) is 34.1. The number of hydrogen-bond donors (Lipinski definition) is 1. The van der Waals surface area contributed by atoms with Gasteiger partial charge >= 0.3 is 0 Å². The first-order valence-corrected chi connectivity index (χ1v) is 6.82. The summed E-state index contributed by atoms with van der Waals surface area (Å²) < 4.78 is 4.26. The fraction of sp³-hybridized carbons (Fsp3) is 0.818. The predicted molar refractivity (Wildman–Crippen MR) is 65.7 cm³/mol. The van der Waals surface area contributed by atoms with Crippen LogP contribution in [-0.4, -0.2) is 28.5 Å². The topological polar surface area (TPSA) is 55.0 Å². The number of rotatable bonds is 1. The molecule has 1 aromatic rings. The molecule has 1 aliphatic carbocycles. The van der Waals surface area contributed by atoms with E-state index in [1.807, 2.05) is 6.92 Å². The van der Waals surface area contributed by atoms with Crippen molar-refractivity contribution in [2.75, 3.05) is 18.0 Å². The average molecular weight is 238 g/mol. The molecular formula is C11H18N4S. The fourth-order valence-electron chi connectivity index (χ4n) is 3.09. The molecule has 2 aliphatic rings. The lowest BCUT2D eigenvalue weighted by atomic mass is 9.78. The van der Waals surface area contributed by atoms with Crippen LogP contribution >= 0.6 is 11.5 Å². The lowest BCUT2D eigenvalue weighted by molar-refractivity contribution is 0.260. The highest BCUT2D eigenvalue weighted by molar-refractivity contribution is 7.09. The highest BCUT2D eigenvalue weighted by atomic mass is 32.1. The second-order valence-electron chi connectivity index (χ2n) is 5.05. The van der Waals surface area contributed by atoms with Crippen molar-refractivity contribution in [2.45, 2.75) is 32.2 Å². The van der Waals surface area contributed by atoms with E-state index in [4.69, 9.17) is 5.73 Å². The highest BCUT2D eigenvalue weighted by Crippen LogP contribution is 2.37. The average Bonchev–Trinajstić information content (AvgIpc) is 2.84. The van der Waals surface area contributed by atoms with Crippen LogP contribution in [0.2, 0.25) is 0 Å². The molecule has 3 atom stereocenters. The van der Waals surface area contributed by atoms with Gasteiger partial charge in [-0.3, -0.25) is 0 Å². The largest absolute Gasteiger partial charge is 0.346 e. The van der Waals surface area contributed by atoms with E-state index in [2.05, 4.69) is 14.3 Å². The first-order valence-electron chi connectivity index (χ1n) is 6.05. The summed E-state index contributed by atoms with van der Waals surface area (Å²) in [7, 11) is 0. The molecule has 4 nitrogen and oxygen atoms in total. The zero-order valence-corrected chi connectivity index (χ0v) is 10.4. The van der Waals surface area contributed by atoms with Crippen LogP contribution in [0.25, 0.3) is 0 Å². The minimum atomic E-state index is 0.401. The molecule has 1 saturated carbocycles. The monoisotopic (exact) mass is 238 g/mol. The van der Waals surface area contributed by atoms with Crippen LogP contribution in [0.1, 0.15) is 25.1 Å². The summed E-state index contributed by atoms with van der Waals surface area (Å²) in [5, 5.41) is 1.08. The summed E-state index contributed by atoms with van der Waals surface area (Å²) in [6.07, 6.45) is 3.84. The Kier molecular flexibility index (Phi) is 2.59. The zero-order valence-electron chi connectivity index (χ0n) is 9.59. The second kappa shape index (κ2) is 3.96. The maximum atomic E-state index is 6.21. The van der Waals surface area contributed by atoms with Gasteiger partial charge in [-0.15, -0.1) is 0 Å². The Hall–Kier alpha value is -0.680. The van der Waals surface area contributed by atoms with Gasteiger partial charge in [0.05, 0.1) is 0 Å². The van der Waals surface area contributed by atoms with E-state index in [-0.39, 0.29) is 0 Å². The van der Waals surface area contributed by atoms with Crippen molar-refractivity contribution in [3.8, 4) is 0 Å². The van der Waals surface area contributed by atoms with Crippen LogP contribution in [0.5, 0.6) is 0 Å². The van der Waals surface area contributed by atoms with Crippen molar-refractivity contribution in [2.24, 2.45) is 17.6 Å². The van der Waals surface area contributed by atoms with E-state index >= 15 is 0 Å². The van der Waals surface area contributed by atoms with Crippen molar-refractivity contribution < 1.29 is 0 Å². The van der Waals surface area contributed by atoms with E-state index in [1.54, 1.807) is 0 Å². The van der Waals surface area contributed by atoms with Crippen LogP contribution in [-0.2, 0) is 0 Å². The molecule has 5 heteroatoms. The summed E-state index contributed by atoms with van der Waals surface area (Å²) in [5.41, 5.74) is 6.21. The zero-order chi connectivity index (χ0) is 11.1. The van der Waals surface area contributed by atoms with Gasteiger partial charge in [-0.25, -0.2) is 4.98 Å². The Morgan fingerprint density at radius 2 is 2.25 bits per heavy atom. The van der Waals surface area contributed by atoms with Gasteiger partial charge in [-0.1, -0.05) is 6.42 Å². The van der Waals surface area contributed by atoms with Gasteiger partial charge < -0.3 is 10.6 Å². The molecule has 0 spiro atoms. The van der Waals surface area contributed by atoms with Crippen LogP contribution in [0.15, 0.2) is 0 Å². The van der Waals surface area contributed by atoms with E-state index in [0.717, 1.165) is 30.0 Å². The van der Waals surface area contributed by atoms with E-state index in [9.17, 15) is 0 Å². The van der Waals surface area contributed by atoms with Crippen LogP contribution in [0, 0.1) is 18.8 Å². The van der Waals surface area contributed by atoms with Gasteiger partial charge in [-0.05, 0) is 31.6 Å². The molecule has 0 aromatic carbocycles. The van der Waals surface area contributed by atoms with Crippen molar-refractivity contribution in [1.29, 1.82) is 0 Å². The Balaban J connectivity index is 1.76. The second-order valence-corrected chi connectivity index (χ2v) is 5.78. The van der Waals surface area contributed by atoms with Crippen molar-refractivity contribution in [1.82, 2.24) is 9.36 Å². The maximum Gasteiger partial charge on any atom is 0.205 e. The molecule has 1 aromatic heterocycles. The lowest BCUT2D eigenvalue weighted by Crippen LogP contribution is -2.38. The van der Waals surface area contributed by atoms with Gasteiger partial charge in [0, 0.05) is 30.7 Å². The molecule has 0 amide bonds. The number of fused-ring (bicyclic) bond motifs is 1. The molecule has 16 heavy (non-hydrogen) atoms. The molecule has 3 rings (SSSR count). The smallest absolute Gasteiger partial charge is 0.205 e. The Bertz CT molecular complexity index is 378. The van der Waals surface area contributed by atoms with Crippen LogP contribution in [0.3, 0.4) is 0 Å². The van der Waals surface area contributed by atoms with Gasteiger partial charge in [-0.2, -0.15) is 4.37 Å². The third-order valence-electron chi connectivity index (χ3n) is 3.94. The number of hydrogen-bond acceptors (Lipinski definition) is 5. The van der Waals surface area contributed by atoms with Crippen molar-refractivity contribution in [3.63, 3.8) is 0 Å². The quantitative estimate of drug-likeness (QED) is 0.803. The molecule has 2 fully saturated rings. The van der Waals surface area contributed by atoms with Gasteiger partial charge in [0.2, 0.25) is 5.13 Å². The summed E-state index contributed by atoms with van der Waals surface area (Å²) >= 11 is 1.52. The van der Waals surface area contributed by atoms with Crippen molar-refractivity contribution in [3.05, 3.63) is 5.82 Å². The third-order valence-corrected chi connectivity index (χ3v) is 4.81. The minimum absolute atomic E-state index is 0.401. The van der Waals surface area contributed by atoms with E-state index < -0.39 is 0 Å². The maximum absolute atomic E-state index is 6.21. The first-order chi connectivity index (χ1) is 7.74. The predicted octanol–water partition coefficient (Wildman–Crippen LogP) is 1.41.